The monoisotopic (exact) mass is 460 g/mol. The van der Waals surface area contributed by atoms with Crippen LogP contribution in [-0.2, 0) is 4.74 Å². The molecule has 7 heteroatoms. The molecule has 3 aliphatic rings. The van der Waals surface area contributed by atoms with Gasteiger partial charge < -0.3 is 24.3 Å². The highest BCUT2D eigenvalue weighted by Crippen LogP contribution is 2.35. The minimum Gasteiger partial charge on any atom is -0.436 e. The third-order valence-corrected chi connectivity index (χ3v) is 7.82. The molecule has 0 saturated carbocycles. The number of benzene rings is 2. The van der Waals surface area contributed by atoms with E-state index in [0.717, 1.165) is 37.2 Å². The van der Waals surface area contributed by atoms with E-state index in [-0.39, 0.29) is 11.9 Å². The molecule has 1 aromatic heterocycles. The van der Waals surface area contributed by atoms with Gasteiger partial charge in [0.1, 0.15) is 5.52 Å². The molecule has 3 fully saturated rings. The Labute approximate surface area is 200 Å². The van der Waals surface area contributed by atoms with E-state index in [1.165, 1.54) is 19.3 Å². The van der Waals surface area contributed by atoms with Crippen LogP contribution in [0, 0.1) is 0 Å². The first kappa shape index (κ1) is 21.6. The highest BCUT2D eigenvalue weighted by Gasteiger charge is 2.36. The lowest BCUT2D eigenvalue weighted by molar-refractivity contribution is 0.0463. The number of hydrogen-bond donors (Lipinski definition) is 1. The van der Waals surface area contributed by atoms with Crippen molar-refractivity contribution in [3.05, 3.63) is 48.0 Å². The number of fused-ring (bicyclic) bond motifs is 3. The number of oxazole rings is 1. The Morgan fingerprint density at radius 2 is 1.79 bits per heavy atom. The summed E-state index contributed by atoms with van der Waals surface area (Å²) in [5.41, 5.74) is 3.87. The van der Waals surface area contributed by atoms with E-state index in [9.17, 15) is 4.79 Å². The standard InChI is InChI=1S/C27H32N4O3/c1-30-19-6-4-7-20(30)17-18(16-19)28-26(32)22-9-5-11-24-25(22)29-27(34-24)21-8-2-3-10-23(21)31-12-14-33-15-13-31/h2-3,5,8-11,18-20H,4,6-7,12-17H2,1H3,(H,28,32). The second-order valence-corrected chi connectivity index (χ2v) is 9.83. The fourth-order valence-corrected chi connectivity index (χ4v) is 5.98. The number of morpholine rings is 1. The first-order chi connectivity index (χ1) is 16.7. The Kier molecular flexibility index (Phi) is 5.75. The average Bonchev–Trinajstić information content (AvgIpc) is 3.29. The average molecular weight is 461 g/mol. The minimum atomic E-state index is -0.0560. The largest absolute Gasteiger partial charge is 0.436 e. The summed E-state index contributed by atoms with van der Waals surface area (Å²) in [4.78, 5) is 23.0. The van der Waals surface area contributed by atoms with Crippen LogP contribution in [0.1, 0.15) is 42.5 Å². The first-order valence-electron chi connectivity index (χ1n) is 12.5. The van der Waals surface area contributed by atoms with Crippen LogP contribution in [-0.4, -0.2) is 67.3 Å². The number of ether oxygens (including phenoxy) is 1. The van der Waals surface area contributed by atoms with Crippen molar-refractivity contribution in [2.24, 2.45) is 0 Å². The number of anilines is 1. The zero-order valence-electron chi connectivity index (χ0n) is 19.7. The van der Waals surface area contributed by atoms with Gasteiger partial charge in [0.05, 0.1) is 24.3 Å². The third-order valence-electron chi connectivity index (χ3n) is 7.82. The predicted octanol–water partition coefficient (Wildman–Crippen LogP) is 4.08. The first-order valence-corrected chi connectivity index (χ1v) is 12.5. The van der Waals surface area contributed by atoms with Crippen molar-refractivity contribution in [2.75, 3.05) is 38.3 Å². The molecule has 3 aromatic rings. The van der Waals surface area contributed by atoms with Gasteiger partial charge in [-0.3, -0.25) is 4.79 Å². The van der Waals surface area contributed by atoms with Crippen molar-refractivity contribution >= 4 is 22.7 Å². The molecular weight excluding hydrogens is 428 g/mol. The van der Waals surface area contributed by atoms with Crippen molar-refractivity contribution in [3.8, 4) is 11.5 Å². The van der Waals surface area contributed by atoms with Crippen molar-refractivity contribution in [3.63, 3.8) is 0 Å². The zero-order chi connectivity index (χ0) is 23.1. The number of rotatable bonds is 4. The van der Waals surface area contributed by atoms with Crippen LogP contribution < -0.4 is 10.2 Å². The minimum absolute atomic E-state index is 0.0560. The number of nitrogens with zero attached hydrogens (tertiary/aromatic N) is 3. The molecule has 34 heavy (non-hydrogen) atoms. The van der Waals surface area contributed by atoms with E-state index >= 15 is 0 Å². The zero-order valence-corrected chi connectivity index (χ0v) is 19.7. The molecule has 0 spiro atoms. The van der Waals surface area contributed by atoms with Crippen LogP contribution in [0.4, 0.5) is 5.69 Å². The number of hydrogen-bond acceptors (Lipinski definition) is 6. The van der Waals surface area contributed by atoms with Crippen LogP contribution >= 0.6 is 0 Å². The maximum Gasteiger partial charge on any atom is 0.253 e. The lowest BCUT2D eigenvalue weighted by Crippen LogP contribution is -2.55. The molecule has 178 valence electrons. The smallest absolute Gasteiger partial charge is 0.253 e. The molecule has 1 N–H and O–H groups in total. The number of carbonyl (C=O) groups excluding carboxylic acids is 1. The molecule has 2 unspecified atom stereocenters. The number of carbonyl (C=O) groups is 1. The Bertz CT molecular complexity index is 1170. The van der Waals surface area contributed by atoms with Crippen molar-refractivity contribution in [2.45, 2.75) is 50.2 Å². The molecule has 6 rings (SSSR count). The van der Waals surface area contributed by atoms with Crippen LogP contribution in [0.15, 0.2) is 46.9 Å². The van der Waals surface area contributed by atoms with Gasteiger partial charge in [0.25, 0.3) is 5.91 Å². The maximum absolute atomic E-state index is 13.4. The second-order valence-electron chi connectivity index (χ2n) is 9.83. The fraction of sp³-hybridized carbons (Fsp3) is 0.481. The molecule has 2 aromatic carbocycles. The molecular formula is C27H32N4O3. The number of amides is 1. The summed E-state index contributed by atoms with van der Waals surface area (Å²) in [5.74, 6) is 0.491. The van der Waals surface area contributed by atoms with E-state index in [2.05, 4.69) is 28.2 Å². The van der Waals surface area contributed by atoms with Crippen LogP contribution in [0.5, 0.6) is 0 Å². The van der Waals surface area contributed by atoms with E-state index in [0.29, 0.717) is 47.9 Å². The van der Waals surface area contributed by atoms with Gasteiger partial charge in [-0.05, 0) is 57.0 Å². The Morgan fingerprint density at radius 3 is 2.59 bits per heavy atom. The molecule has 2 atom stereocenters. The molecule has 4 heterocycles. The normalized spacial score (nSPS) is 25.4. The second kappa shape index (κ2) is 9.04. The van der Waals surface area contributed by atoms with Gasteiger partial charge in [-0.2, -0.15) is 0 Å². The van der Waals surface area contributed by atoms with Crippen LogP contribution in [0.2, 0.25) is 0 Å². The van der Waals surface area contributed by atoms with E-state index in [1.54, 1.807) is 0 Å². The quantitative estimate of drug-likeness (QED) is 0.633. The summed E-state index contributed by atoms with van der Waals surface area (Å²) in [7, 11) is 2.24. The highest BCUT2D eigenvalue weighted by atomic mass is 16.5. The number of piperidine rings is 2. The molecule has 2 bridgehead atoms. The summed E-state index contributed by atoms with van der Waals surface area (Å²) in [6.07, 6.45) is 5.79. The lowest BCUT2D eigenvalue weighted by Gasteiger charge is -2.47. The van der Waals surface area contributed by atoms with Crippen LogP contribution in [0.25, 0.3) is 22.6 Å². The molecule has 0 radical (unpaired) electrons. The molecule has 0 aliphatic carbocycles. The summed E-state index contributed by atoms with van der Waals surface area (Å²) >= 11 is 0. The molecule has 3 aliphatic heterocycles. The van der Waals surface area contributed by atoms with Crippen molar-refractivity contribution < 1.29 is 13.9 Å². The van der Waals surface area contributed by atoms with Gasteiger partial charge in [0.15, 0.2) is 5.58 Å². The van der Waals surface area contributed by atoms with E-state index < -0.39 is 0 Å². The van der Waals surface area contributed by atoms with Crippen molar-refractivity contribution in [1.29, 1.82) is 0 Å². The number of nitrogens with one attached hydrogen (secondary N) is 1. The van der Waals surface area contributed by atoms with Gasteiger partial charge in [-0.25, -0.2) is 4.98 Å². The fourth-order valence-electron chi connectivity index (χ4n) is 5.98. The van der Waals surface area contributed by atoms with E-state index in [1.807, 2.05) is 36.4 Å². The van der Waals surface area contributed by atoms with Gasteiger partial charge in [0, 0.05) is 36.9 Å². The van der Waals surface area contributed by atoms with Gasteiger partial charge in [-0.1, -0.05) is 24.6 Å². The third kappa shape index (κ3) is 3.97. The molecule has 7 nitrogen and oxygen atoms in total. The Morgan fingerprint density at radius 1 is 1.03 bits per heavy atom. The summed E-state index contributed by atoms with van der Waals surface area (Å²) in [6.45, 7) is 3.10. The Hall–Kier alpha value is -2.90. The van der Waals surface area contributed by atoms with Gasteiger partial charge in [0.2, 0.25) is 5.89 Å². The van der Waals surface area contributed by atoms with Gasteiger partial charge >= 0.3 is 0 Å². The number of aromatic nitrogens is 1. The summed E-state index contributed by atoms with van der Waals surface area (Å²) in [5, 5.41) is 3.32. The molecule has 1 amide bonds. The topological polar surface area (TPSA) is 70.8 Å². The van der Waals surface area contributed by atoms with Crippen molar-refractivity contribution in [1.82, 2.24) is 15.2 Å². The number of para-hydroxylation sites is 2. The lowest BCUT2D eigenvalue weighted by atomic mass is 9.82. The highest BCUT2D eigenvalue weighted by molar-refractivity contribution is 6.05. The summed E-state index contributed by atoms with van der Waals surface area (Å²) < 4.78 is 11.7. The van der Waals surface area contributed by atoms with Gasteiger partial charge in [-0.15, -0.1) is 0 Å². The summed E-state index contributed by atoms with van der Waals surface area (Å²) in [6, 6.07) is 15.1. The molecule has 3 saturated heterocycles. The maximum atomic E-state index is 13.4. The SMILES string of the molecule is CN1C2CCCC1CC(NC(=O)c1cccc3oc(-c4ccccc4N4CCOCC4)nc13)C2. The van der Waals surface area contributed by atoms with Crippen LogP contribution in [0.3, 0.4) is 0 Å². The van der Waals surface area contributed by atoms with E-state index in [4.69, 9.17) is 14.1 Å². The Balaban J connectivity index is 1.28. The predicted molar refractivity (Wildman–Crippen MR) is 132 cm³/mol.